The summed E-state index contributed by atoms with van der Waals surface area (Å²) in [5.74, 6) is 5.62. The molecule has 0 aliphatic heterocycles. The van der Waals surface area contributed by atoms with Crippen molar-refractivity contribution < 1.29 is 9.63 Å². The second-order valence-corrected chi connectivity index (χ2v) is 1.78. The molecule has 0 aliphatic carbocycles. The van der Waals surface area contributed by atoms with Gasteiger partial charge >= 0.3 is 0 Å². The molecule has 52 valence electrons. The van der Waals surface area contributed by atoms with Crippen LogP contribution in [-0.4, -0.2) is 18.3 Å². The lowest BCUT2D eigenvalue weighted by Crippen LogP contribution is -1.80. The Bertz CT molecular complexity index is 103. The summed E-state index contributed by atoms with van der Waals surface area (Å²) in [4.78, 5) is 0. The molecule has 3 heteroatoms. The molecule has 0 aromatic heterocycles. The molecule has 0 rings (SSSR count). The van der Waals surface area contributed by atoms with E-state index in [1.807, 2.05) is 0 Å². The van der Waals surface area contributed by atoms with E-state index in [2.05, 4.69) is 25.8 Å². The van der Waals surface area contributed by atoms with Crippen molar-refractivity contribution in [1.82, 2.24) is 0 Å². The third-order valence-corrected chi connectivity index (χ3v) is 0.942. The zero-order valence-corrected chi connectivity index (χ0v) is 6.42. The number of aliphatic hydroxyl groups excluding tert-OH is 1. The Kier molecular flexibility index (Phi) is 7.83. The molecule has 0 saturated heterocycles. The second-order valence-electron chi connectivity index (χ2n) is 1.45. The zero-order chi connectivity index (χ0) is 6.95. The molecule has 1 atom stereocenters. The van der Waals surface area contributed by atoms with Crippen LogP contribution in [0.5, 0.6) is 0 Å². The van der Waals surface area contributed by atoms with Gasteiger partial charge in [0.1, 0.15) is 0 Å². The molecular formula is C6H11O2P. The molecule has 1 N–H and O–H groups in total. The summed E-state index contributed by atoms with van der Waals surface area (Å²) in [6.45, 7) is 0.790. The predicted octanol–water partition coefficient (Wildman–Crippen LogP) is 0.569. The van der Waals surface area contributed by atoms with Crippen molar-refractivity contribution in [2.75, 3.05) is 13.2 Å². The van der Waals surface area contributed by atoms with Crippen LogP contribution < -0.4 is 0 Å². The Balaban J connectivity index is 2.96. The number of aliphatic hydroxyl groups is 1. The first-order chi connectivity index (χ1) is 4.41. The lowest BCUT2D eigenvalue weighted by atomic mass is 10.4. The number of hydrogen-bond acceptors (Lipinski definition) is 2. The van der Waals surface area contributed by atoms with Crippen LogP contribution in [0.25, 0.3) is 0 Å². The number of hydrogen-bond donors (Lipinski definition) is 1. The average Bonchev–Trinajstić information content (AvgIpc) is 1.89. The number of rotatable bonds is 3. The van der Waals surface area contributed by atoms with Gasteiger partial charge in [0.15, 0.2) is 0 Å². The summed E-state index contributed by atoms with van der Waals surface area (Å²) < 4.78 is 4.67. The van der Waals surface area contributed by atoms with Crippen LogP contribution in [-0.2, 0) is 4.52 Å². The summed E-state index contributed by atoms with van der Waals surface area (Å²) in [5.41, 5.74) is 0. The lowest BCUT2D eigenvalue weighted by Gasteiger charge is -1.86. The van der Waals surface area contributed by atoms with Crippen LogP contribution in [0.4, 0.5) is 0 Å². The van der Waals surface area contributed by atoms with Gasteiger partial charge in [0.25, 0.3) is 0 Å². The molecule has 0 radical (unpaired) electrons. The van der Waals surface area contributed by atoms with E-state index in [0.717, 1.165) is 6.42 Å². The standard InChI is InChI=1S/C6H11O2P/c7-5-3-1-2-4-6-8-9/h7H,3-6,9H2. The second kappa shape index (κ2) is 7.91. The molecular weight excluding hydrogens is 135 g/mol. The summed E-state index contributed by atoms with van der Waals surface area (Å²) >= 11 is 0. The fourth-order valence-corrected chi connectivity index (χ4v) is 0.460. The lowest BCUT2D eigenvalue weighted by molar-refractivity contribution is 0.305. The smallest absolute Gasteiger partial charge is 0.0611 e. The highest BCUT2D eigenvalue weighted by atomic mass is 31.0. The van der Waals surface area contributed by atoms with Crippen molar-refractivity contribution in [3.63, 3.8) is 0 Å². The van der Waals surface area contributed by atoms with Crippen molar-refractivity contribution in [1.29, 1.82) is 0 Å². The summed E-state index contributed by atoms with van der Waals surface area (Å²) in [6.07, 6.45) is 1.31. The van der Waals surface area contributed by atoms with E-state index in [1.165, 1.54) is 0 Å². The van der Waals surface area contributed by atoms with Crippen LogP contribution in [0.3, 0.4) is 0 Å². The zero-order valence-electron chi connectivity index (χ0n) is 5.26. The van der Waals surface area contributed by atoms with Gasteiger partial charge in [-0.2, -0.15) is 0 Å². The molecule has 0 heterocycles. The molecule has 1 unspecified atom stereocenters. The van der Waals surface area contributed by atoms with E-state index in [9.17, 15) is 0 Å². The largest absolute Gasteiger partial charge is 0.395 e. The maximum Gasteiger partial charge on any atom is 0.0611 e. The summed E-state index contributed by atoms with van der Waals surface area (Å²) in [5, 5.41) is 8.28. The fourth-order valence-electron chi connectivity index (χ4n) is 0.343. The summed E-state index contributed by atoms with van der Waals surface area (Å²) in [7, 11) is 2.16. The van der Waals surface area contributed by atoms with E-state index in [1.54, 1.807) is 0 Å². The minimum Gasteiger partial charge on any atom is -0.395 e. The molecule has 0 aromatic carbocycles. The highest BCUT2D eigenvalue weighted by molar-refractivity contribution is 7.09. The molecule has 9 heavy (non-hydrogen) atoms. The van der Waals surface area contributed by atoms with Crippen LogP contribution in [0.2, 0.25) is 0 Å². The van der Waals surface area contributed by atoms with E-state index in [-0.39, 0.29) is 6.61 Å². The molecule has 0 bridgehead atoms. The molecule has 0 amide bonds. The quantitative estimate of drug-likeness (QED) is 0.358. The first-order valence-corrected chi connectivity index (χ1v) is 3.27. The Morgan fingerprint density at radius 2 is 2.00 bits per heavy atom. The molecule has 0 aromatic rings. The van der Waals surface area contributed by atoms with Crippen molar-refractivity contribution >= 4 is 9.47 Å². The third-order valence-electron chi connectivity index (χ3n) is 0.707. The van der Waals surface area contributed by atoms with Gasteiger partial charge in [-0.3, -0.25) is 0 Å². The van der Waals surface area contributed by atoms with Crippen LogP contribution in [0, 0.1) is 11.8 Å². The topological polar surface area (TPSA) is 29.5 Å². The SMILES string of the molecule is OCCC#CCCOP. The summed E-state index contributed by atoms with van der Waals surface area (Å²) in [6, 6.07) is 0. The first kappa shape index (κ1) is 8.91. The van der Waals surface area contributed by atoms with Crippen LogP contribution in [0.1, 0.15) is 12.8 Å². The Morgan fingerprint density at radius 1 is 1.33 bits per heavy atom. The van der Waals surface area contributed by atoms with E-state index < -0.39 is 0 Å². The molecule has 0 saturated carbocycles. The van der Waals surface area contributed by atoms with Gasteiger partial charge in [-0.1, -0.05) is 0 Å². The Morgan fingerprint density at radius 3 is 2.56 bits per heavy atom. The highest BCUT2D eigenvalue weighted by Crippen LogP contribution is 1.86. The van der Waals surface area contributed by atoms with Crippen LogP contribution >= 0.6 is 9.47 Å². The molecule has 0 spiro atoms. The van der Waals surface area contributed by atoms with Gasteiger partial charge in [0, 0.05) is 22.3 Å². The van der Waals surface area contributed by atoms with Gasteiger partial charge in [0.05, 0.1) is 13.2 Å². The van der Waals surface area contributed by atoms with Gasteiger partial charge in [-0.15, -0.1) is 11.8 Å². The van der Waals surface area contributed by atoms with E-state index in [0.29, 0.717) is 13.0 Å². The van der Waals surface area contributed by atoms with E-state index in [4.69, 9.17) is 5.11 Å². The maximum absolute atomic E-state index is 8.28. The van der Waals surface area contributed by atoms with Crippen molar-refractivity contribution in [2.24, 2.45) is 0 Å². The predicted molar refractivity (Wildman–Crippen MR) is 39.8 cm³/mol. The minimum atomic E-state index is 0.148. The molecule has 0 fully saturated rings. The van der Waals surface area contributed by atoms with Gasteiger partial charge in [0.2, 0.25) is 0 Å². The van der Waals surface area contributed by atoms with Gasteiger partial charge in [-0.25, -0.2) is 0 Å². The monoisotopic (exact) mass is 146 g/mol. The highest BCUT2D eigenvalue weighted by Gasteiger charge is 1.74. The maximum atomic E-state index is 8.28. The van der Waals surface area contributed by atoms with Gasteiger partial charge in [-0.05, 0) is 0 Å². The Hall–Kier alpha value is -0.0900. The average molecular weight is 146 g/mol. The minimum absolute atomic E-state index is 0.148. The van der Waals surface area contributed by atoms with E-state index >= 15 is 0 Å². The Labute approximate surface area is 57.9 Å². The van der Waals surface area contributed by atoms with Crippen molar-refractivity contribution in [3.8, 4) is 11.8 Å². The van der Waals surface area contributed by atoms with Crippen molar-refractivity contribution in [2.45, 2.75) is 12.8 Å². The molecule has 2 nitrogen and oxygen atoms in total. The van der Waals surface area contributed by atoms with Crippen molar-refractivity contribution in [3.05, 3.63) is 0 Å². The fraction of sp³-hybridized carbons (Fsp3) is 0.667. The molecule has 0 aliphatic rings. The van der Waals surface area contributed by atoms with Gasteiger partial charge < -0.3 is 9.63 Å². The third kappa shape index (κ3) is 7.91. The van der Waals surface area contributed by atoms with Crippen LogP contribution in [0.15, 0.2) is 0 Å². The first-order valence-electron chi connectivity index (χ1n) is 2.80. The normalized spacial score (nSPS) is 8.22.